The molecule has 0 N–H and O–H groups in total. The number of para-hydroxylation sites is 1. The van der Waals surface area contributed by atoms with Crippen LogP contribution in [0, 0.1) is 0 Å². The maximum atomic E-state index is 14.3. The highest BCUT2D eigenvalue weighted by atomic mass is 32.2. The van der Waals surface area contributed by atoms with Crippen LogP contribution in [0.4, 0.5) is 4.39 Å². The standard InChI is InChI=1S/C14H17FN2O2S2/c15-13(10-17-8-4-1-5-9-17)21(18,19)14-16-11-6-2-3-7-12(11)20-14/h2-3,6-7,13H,1,4-5,8-10H2. The summed E-state index contributed by atoms with van der Waals surface area (Å²) in [5.74, 6) is 0. The Morgan fingerprint density at radius 1 is 1.24 bits per heavy atom. The molecule has 2 heterocycles. The molecular formula is C14H17FN2O2S2. The molecule has 21 heavy (non-hydrogen) atoms. The van der Waals surface area contributed by atoms with E-state index in [1.165, 1.54) is 0 Å². The largest absolute Gasteiger partial charge is 0.299 e. The van der Waals surface area contributed by atoms with Crippen molar-refractivity contribution in [1.29, 1.82) is 0 Å². The van der Waals surface area contributed by atoms with Crippen molar-refractivity contribution in [3.8, 4) is 0 Å². The molecule has 0 saturated carbocycles. The predicted octanol–water partition coefficient (Wildman–Crippen LogP) is 2.85. The number of likely N-dealkylation sites (tertiary alicyclic amines) is 1. The number of hydrogen-bond donors (Lipinski definition) is 0. The highest BCUT2D eigenvalue weighted by Gasteiger charge is 2.32. The second-order valence-corrected chi connectivity index (χ2v) is 8.54. The first kappa shape index (κ1) is 14.9. The molecule has 0 amide bonds. The molecule has 1 aliphatic rings. The van der Waals surface area contributed by atoms with Crippen molar-refractivity contribution in [2.75, 3.05) is 19.6 Å². The van der Waals surface area contributed by atoms with Gasteiger partial charge in [-0.1, -0.05) is 18.6 Å². The topological polar surface area (TPSA) is 50.3 Å². The first-order valence-corrected chi connectivity index (χ1v) is 9.39. The van der Waals surface area contributed by atoms with Crippen LogP contribution in [-0.4, -0.2) is 43.4 Å². The molecule has 4 nitrogen and oxygen atoms in total. The van der Waals surface area contributed by atoms with Gasteiger partial charge in [-0.05, 0) is 38.1 Å². The van der Waals surface area contributed by atoms with Gasteiger partial charge in [0.1, 0.15) is 0 Å². The number of thiazole rings is 1. The van der Waals surface area contributed by atoms with E-state index in [1.807, 2.05) is 11.0 Å². The quantitative estimate of drug-likeness (QED) is 0.866. The number of rotatable bonds is 4. The van der Waals surface area contributed by atoms with Crippen LogP contribution in [0.1, 0.15) is 19.3 Å². The smallest absolute Gasteiger partial charge is 0.238 e. The molecule has 2 aromatic rings. The van der Waals surface area contributed by atoms with Gasteiger partial charge in [-0.2, -0.15) is 0 Å². The van der Waals surface area contributed by atoms with Gasteiger partial charge in [0.25, 0.3) is 0 Å². The van der Waals surface area contributed by atoms with E-state index >= 15 is 0 Å². The fourth-order valence-electron chi connectivity index (χ4n) is 2.53. The van der Waals surface area contributed by atoms with Crippen LogP contribution in [0.2, 0.25) is 0 Å². The van der Waals surface area contributed by atoms with Crippen LogP contribution < -0.4 is 0 Å². The zero-order chi connectivity index (χ0) is 14.9. The van der Waals surface area contributed by atoms with Gasteiger partial charge in [0.15, 0.2) is 0 Å². The van der Waals surface area contributed by atoms with Gasteiger partial charge in [0, 0.05) is 6.54 Å². The van der Waals surface area contributed by atoms with Crippen LogP contribution >= 0.6 is 11.3 Å². The molecule has 3 rings (SSSR count). The molecular weight excluding hydrogens is 311 g/mol. The first-order valence-electron chi connectivity index (χ1n) is 7.03. The van der Waals surface area contributed by atoms with Crippen LogP contribution in [-0.2, 0) is 9.84 Å². The lowest BCUT2D eigenvalue weighted by Gasteiger charge is -2.27. The summed E-state index contributed by atoms with van der Waals surface area (Å²) in [5, 5.41) is 0. The summed E-state index contributed by atoms with van der Waals surface area (Å²) < 4.78 is 39.6. The second-order valence-electron chi connectivity index (χ2n) is 5.26. The van der Waals surface area contributed by atoms with Gasteiger partial charge in [0.2, 0.25) is 19.7 Å². The van der Waals surface area contributed by atoms with Gasteiger partial charge >= 0.3 is 0 Å². The second kappa shape index (κ2) is 5.98. The summed E-state index contributed by atoms with van der Waals surface area (Å²) in [6.07, 6.45) is 3.15. The summed E-state index contributed by atoms with van der Waals surface area (Å²) in [6.45, 7) is 1.49. The average Bonchev–Trinajstić information content (AvgIpc) is 2.93. The molecule has 0 bridgehead atoms. The van der Waals surface area contributed by atoms with Crippen molar-refractivity contribution < 1.29 is 12.8 Å². The number of benzene rings is 1. The molecule has 1 aliphatic heterocycles. The van der Waals surface area contributed by atoms with E-state index in [0.717, 1.165) is 48.4 Å². The van der Waals surface area contributed by atoms with E-state index < -0.39 is 15.3 Å². The Balaban J connectivity index is 1.81. The predicted molar refractivity (Wildman–Crippen MR) is 82.0 cm³/mol. The minimum atomic E-state index is -4.00. The van der Waals surface area contributed by atoms with Gasteiger partial charge in [-0.3, -0.25) is 4.90 Å². The summed E-state index contributed by atoms with van der Waals surface area (Å²) >= 11 is 1.04. The number of sulfone groups is 1. The molecule has 0 aliphatic carbocycles. The Bertz CT molecular complexity index is 690. The molecule has 0 spiro atoms. The lowest BCUT2D eigenvalue weighted by molar-refractivity contribution is 0.196. The number of aromatic nitrogens is 1. The number of hydrogen-bond acceptors (Lipinski definition) is 5. The number of alkyl halides is 1. The highest BCUT2D eigenvalue weighted by Crippen LogP contribution is 2.28. The average molecular weight is 328 g/mol. The third-order valence-electron chi connectivity index (χ3n) is 3.70. The molecule has 1 saturated heterocycles. The minimum absolute atomic E-state index is 0.0573. The Hall–Kier alpha value is -1.05. The molecule has 1 unspecified atom stereocenters. The Kier molecular flexibility index (Phi) is 4.24. The van der Waals surface area contributed by atoms with Crippen molar-refractivity contribution in [2.45, 2.75) is 29.1 Å². The van der Waals surface area contributed by atoms with E-state index in [2.05, 4.69) is 4.98 Å². The van der Waals surface area contributed by atoms with Crippen molar-refractivity contribution >= 4 is 31.4 Å². The summed E-state index contributed by atoms with van der Waals surface area (Å²) in [4.78, 5) is 5.96. The van der Waals surface area contributed by atoms with Crippen LogP contribution in [0.15, 0.2) is 28.6 Å². The normalized spacial score (nSPS) is 18.9. The third-order valence-corrected chi connectivity index (χ3v) is 6.88. The first-order chi connectivity index (χ1) is 10.1. The summed E-state index contributed by atoms with van der Waals surface area (Å²) in [5.41, 5.74) is -1.30. The zero-order valence-electron chi connectivity index (χ0n) is 11.5. The van der Waals surface area contributed by atoms with E-state index in [0.29, 0.717) is 5.52 Å². The molecule has 0 radical (unpaired) electrons. The lowest BCUT2D eigenvalue weighted by atomic mass is 10.1. The van der Waals surface area contributed by atoms with Crippen molar-refractivity contribution in [2.24, 2.45) is 0 Å². The summed E-state index contributed by atoms with van der Waals surface area (Å²) in [6, 6.07) is 7.14. The van der Waals surface area contributed by atoms with Gasteiger partial charge in [-0.15, -0.1) is 11.3 Å². The Labute approximate surface area is 127 Å². The fourth-order valence-corrected chi connectivity index (χ4v) is 5.12. The minimum Gasteiger partial charge on any atom is -0.299 e. The van der Waals surface area contributed by atoms with Crippen LogP contribution in [0.5, 0.6) is 0 Å². The molecule has 1 fully saturated rings. The van der Waals surface area contributed by atoms with Crippen LogP contribution in [0.3, 0.4) is 0 Å². The van der Waals surface area contributed by atoms with Crippen molar-refractivity contribution in [3.63, 3.8) is 0 Å². The Morgan fingerprint density at radius 2 is 1.95 bits per heavy atom. The van der Waals surface area contributed by atoms with E-state index in [1.54, 1.807) is 18.2 Å². The molecule has 7 heteroatoms. The monoisotopic (exact) mass is 328 g/mol. The van der Waals surface area contributed by atoms with Gasteiger partial charge in [-0.25, -0.2) is 17.8 Å². The maximum Gasteiger partial charge on any atom is 0.238 e. The van der Waals surface area contributed by atoms with Crippen molar-refractivity contribution in [1.82, 2.24) is 9.88 Å². The number of fused-ring (bicyclic) bond motifs is 1. The van der Waals surface area contributed by atoms with Crippen molar-refractivity contribution in [3.05, 3.63) is 24.3 Å². The molecule has 1 aromatic heterocycles. The maximum absolute atomic E-state index is 14.3. The van der Waals surface area contributed by atoms with E-state index in [-0.39, 0.29) is 10.9 Å². The lowest BCUT2D eigenvalue weighted by Crippen LogP contribution is -2.37. The van der Waals surface area contributed by atoms with E-state index in [9.17, 15) is 12.8 Å². The zero-order valence-corrected chi connectivity index (χ0v) is 13.2. The van der Waals surface area contributed by atoms with E-state index in [4.69, 9.17) is 0 Å². The molecule has 1 aromatic carbocycles. The SMILES string of the molecule is O=S(=O)(c1nc2ccccc2s1)C(F)CN1CCCCC1. The highest BCUT2D eigenvalue weighted by molar-refractivity contribution is 7.93. The number of nitrogens with zero attached hydrogens (tertiary/aromatic N) is 2. The molecule has 1 atom stereocenters. The number of piperidine rings is 1. The number of halogens is 1. The van der Waals surface area contributed by atoms with Gasteiger partial charge in [0.05, 0.1) is 10.2 Å². The summed E-state index contributed by atoms with van der Waals surface area (Å²) in [7, 11) is -4.00. The van der Waals surface area contributed by atoms with Crippen LogP contribution in [0.25, 0.3) is 10.2 Å². The van der Waals surface area contributed by atoms with Gasteiger partial charge < -0.3 is 0 Å². The third kappa shape index (κ3) is 3.09. The fraction of sp³-hybridized carbons (Fsp3) is 0.500. The Morgan fingerprint density at radius 3 is 2.67 bits per heavy atom. The molecule has 114 valence electrons.